The van der Waals surface area contributed by atoms with Gasteiger partial charge in [0.15, 0.2) is 0 Å². The van der Waals surface area contributed by atoms with Crippen LogP contribution in [0.2, 0.25) is 0 Å². The number of benzene rings is 1. The highest BCUT2D eigenvalue weighted by molar-refractivity contribution is 5.33. The van der Waals surface area contributed by atoms with E-state index in [1.54, 1.807) is 19.2 Å². The lowest BCUT2D eigenvalue weighted by molar-refractivity contribution is 0.130. The van der Waals surface area contributed by atoms with E-state index in [9.17, 15) is 4.39 Å². The summed E-state index contributed by atoms with van der Waals surface area (Å²) in [5.74, 6) is 0.847. The molecule has 0 atom stereocenters. The number of methoxy groups -OCH3 is 1. The van der Waals surface area contributed by atoms with Crippen LogP contribution in [0.15, 0.2) is 42.5 Å². The van der Waals surface area contributed by atoms with E-state index in [1.807, 2.05) is 24.3 Å². The van der Waals surface area contributed by atoms with Gasteiger partial charge in [0, 0.05) is 6.54 Å². The summed E-state index contributed by atoms with van der Waals surface area (Å²) in [6.07, 6.45) is 0. The maximum Gasteiger partial charge on any atom is 0.214 e. The van der Waals surface area contributed by atoms with Gasteiger partial charge in [0.25, 0.3) is 0 Å². The molecule has 0 fully saturated rings. The van der Waals surface area contributed by atoms with Crippen molar-refractivity contribution >= 4 is 5.82 Å². The topological polar surface area (TPSA) is 43.4 Å². The molecule has 2 rings (SSSR count). The van der Waals surface area contributed by atoms with Crippen molar-refractivity contribution in [3.8, 4) is 5.75 Å². The number of aromatic nitrogens is 1. The number of rotatable bonds is 7. The van der Waals surface area contributed by atoms with Crippen LogP contribution in [0.4, 0.5) is 10.2 Å². The first-order valence-corrected chi connectivity index (χ1v) is 6.35. The molecule has 1 aromatic heterocycles. The van der Waals surface area contributed by atoms with Crippen LogP contribution < -0.4 is 10.1 Å². The monoisotopic (exact) mass is 276 g/mol. The van der Waals surface area contributed by atoms with Crippen LogP contribution in [-0.4, -0.2) is 25.2 Å². The number of hydrogen-bond acceptors (Lipinski definition) is 4. The molecule has 106 valence electrons. The Balaban J connectivity index is 1.66. The molecule has 0 radical (unpaired) electrons. The molecule has 0 aliphatic carbocycles. The highest BCUT2D eigenvalue weighted by Crippen LogP contribution is 2.11. The zero-order valence-corrected chi connectivity index (χ0v) is 11.3. The van der Waals surface area contributed by atoms with Crippen molar-refractivity contribution in [2.45, 2.75) is 6.61 Å². The number of ether oxygens (including phenoxy) is 2. The molecule has 0 amide bonds. The van der Waals surface area contributed by atoms with Crippen molar-refractivity contribution in [1.82, 2.24) is 4.98 Å². The van der Waals surface area contributed by atoms with Crippen LogP contribution in [0.3, 0.4) is 0 Å². The summed E-state index contributed by atoms with van der Waals surface area (Å²) in [4.78, 5) is 3.70. The Morgan fingerprint density at radius 3 is 2.65 bits per heavy atom. The minimum Gasteiger partial charge on any atom is -0.497 e. The maximum absolute atomic E-state index is 12.8. The molecule has 4 nitrogen and oxygen atoms in total. The third-order valence-corrected chi connectivity index (χ3v) is 2.70. The average Bonchev–Trinajstić information content (AvgIpc) is 2.48. The summed E-state index contributed by atoms with van der Waals surface area (Å²) in [5, 5.41) is 2.99. The molecule has 1 aromatic carbocycles. The number of nitrogens with zero attached hydrogens (tertiary/aromatic N) is 1. The van der Waals surface area contributed by atoms with Gasteiger partial charge in [-0.1, -0.05) is 18.2 Å². The summed E-state index contributed by atoms with van der Waals surface area (Å²) in [5.41, 5.74) is 1.08. The average molecular weight is 276 g/mol. The first kappa shape index (κ1) is 14.3. The molecule has 2 aromatic rings. The Morgan fingerprint density at radius 1 is 1.15 bits per heavy atom. The van der Waals surface area contributed by atoms with Gasteiger partial charge in [0.05, 0.1) is 20.3 Å². The van der Waals surface area contributed by atoms with Crippen LogP contribution in [0.5, 0.6) is 5.75 Å². The van der Waals surface area contributed by atoms with Crippen molar-refractivity contribution in [1.29, 1.82) is 0 Å². The molecular formula is C15H17FN2O2. The SMILES string of the molecule is COc1ccc(COCCNc2cccc(F)n2)cc1. The van der Waals surface area contributed by atoms with Crippen LogP contribution in [0, 0.1) is 5.95 Å². The molecule has 1 N–H and O–H groups in total. The van der Waals surface area contributed by atoms with Crippen LogP contribution in [-0.2, 0) is 11.3 Å². The molecule has 0 spiro atoms. The summed E-state index contributed by atoms with van der Waals surface area (Å²) < 4.78 is 23.4. The predicted molar refractivity (Wildman–Crippen MR) is 75.3 cm³/mol. The van der Waals surface area contributed by atoms with Crippen LogP contribution in [0.25, 0.3) is 0 Å². The Bertz CT molecular complexity index is 532. The zero-order chi connectivity index (χ0) is 14.2. The van der Waals surface area contributed by atoms with Crippen molar-refractivity contribution in [2.24, 2.45) is 0 Å². The van der Waals surface area contributed by atoms with Gasteiger partial charge in [-0.2, -0.15) is 4.39 Å². The van der Waals surface area contributed by atoms with Crippen molar-refractivity contribution in [3.05, 3.63) is 54.0 Å². The van der Waals surface area contributed by atoms with E-state index in [0.29, 0.717) is 25.6 Å². The zero-order valence-electron chi connectivity index (χ0n) is 11.3. The molecule has 5 heteroatoms. The second kappa shape index (κ2) is 7.45. The van der Waals surface area contributed by atoms with E-state index >= 15 is 0 Å². The largest absolute Gasteiger partial charge is 0.497 e. The van der Waals surface area contributed by atoms with Crippen molar-refractivity contribution in [3.63, 3.8) is 0 Å². The quantitative estimate of drug-likeness (QED) is 0.624. The fourth-order valence-electron chi connectivity index (χ4n) is 1.67. The predicted octanol–water partition coefficient (Wildman–Crippen LogP) is 2.86. The minimum absolute atomic E-state index is 0.492. The molecular weight excluding hydrogens is 259 g/mol. The second-order valence-electron chi connectivity index (χ2n) is 4.17. The van der Waals surface area contributed by atoms with E-state index in [4.69, 9.17) is 9.47 Å². The van der Waals surface area contributed by atoms with E-state index in [-0.39, 0.29) is 0 Å². The normalized spacial score (nSPS) is 10.3. The van der Waals surface area contributed by atoms with Gasteiger partial charge < -0.3 is 14.8 Å². The number of hydrogen-bond donors (Lipinski definition) is 1. The van der Waals surface area contributed by atoms with Gasteiger partial charge in [-0.15, -0.1) is 0 Å². The first-order valence-electron chi connectivity index (χ1n) is 6.35. The third-order valence-electron chi connectivity index (χ3n) is 2.70. The lowest BCUT2D eigenvalue weighted by Crippen LogP contribution is -2.10. The van der Waals surface area contributed by atoms with E-state index < -0.39 is 5.95 Å². The second-order valence-corrected chi connectivity index (χ2v) is 4.17. The first-order chi connectivity index (χ1) is 9.78. The van der Waals surface area contributed by atoms with Gasteiger partial charge in [-0.3, -0.25) is 0 Å². The number of anilines is 1. The summed E-state index contributed by atoms with van der Waals surface area (Å²) in [6, 6.07) is 12.3. The molecule has 20 heavy (non-hydrogen) atoms. The molecule has 0 unspecified atom stereocenters. The van der Waals surface area contributed by atoms with Gasteiger partial charge in [-0.25, -0.2) is 4.98 Å². The van der Waals surface area contributed by atoms with Crippen LogP contribution in [0.1, 0.15) is 5.56 Å². The Kier molecular flexibility index (Phi) is 5.32. The lowest BCUT2D eigenvalue weighted by atomic mass is 10.2. The van der Waals surface area contributed by atoms with Crippen molar-refractivity contribution in [2.75, 3.05) is 25.6 Å². The summed E-state index contributed by atoms with van der Waals surface area (Å²) >= 11 is 0. The Hall–Kier alpha value is -2.14. The van der Waals surface area contributed by atoms with E-state index in [1.165, 1.54) is 6.07 Å². The lowest BCUT2D eigenvalue weighted by Gasteiger charge is -2.07. The van der Waals surface area contributed by atoms with Gasteiger partial charge in [0.2, 0.25) is 5.95 Å². The van der Waals surface area contributed by atoms with Gasteiger partial charge >= 0.3 is 0 Å². The van der Waals surface area contributed by atoms with Gasteiger partial charge in [0.1, 0.15) is 11.6 Å². The van der Waals surface area contributed by atoms with Crippen LogP contribution >= 0.6 is 0 Å². The minimum atomic E-state index is -0.492. The van der Waals surface area contributed by atoms with E-state index in [2.05, 4.69) is 10.3 Å². The Labute approximate surface area is 117 Å². The smallest absolute Gasteiger partial charge is 0.214 e. The highest BCUT2D eigenvalue weighted by atomic mass is 19.1. The molecule has 0 aliphatic rings. The maximum atomic E-state index is 12.8. The standard InChI is InChI=1S/C15H17FN2O2/c1-19-13-7-5-12(6-8-13)11-20-10-9-17-15-4-2-3-14(16)18-15/h2-8H,9-11H2,1H3,(H,17,18). The molecule has 0 aliphatic heterocycles. The Morgan fingerprint density at radius 2 is 1.95 bits per heavy atom. The summed E-state index contributed by atoms with van der Waals surface area (Å²) in [7, 11) is 1.64. The molecule has 0 saturated carbocycles. The number of halogens is 1. The molecule has 0 bridgehead atoms. The molecule has 0 saturated heterocycles. The van der Waals surface area contributed by atoms with Gasteiger partial charge in [-0.05, 0) is 29.8 Å². The third kappa shape index (κ3) is 4.51. The fourth-order valence-corrected chi connectivity index (χ4v) is 1.67. The molecule has 1 heterocycles. The van der Waals surface area contributed by atoms with Crippen molar-refractivity contribution < 1.29 is 13.9 Å². The number of pyridine rings is 1. The van der Waals surface area contributed by atoms with E-state index in [0.717, 1.165) is 11.3 Å². The highest BCUT2D eigenvalue weighted by Gasteiger charge is 1.97. The summed E-state index contributed by atoms with van der Waals surface area (Å²) in [6.45, 7) is 1.62. The fraction of sp³-hybridized carbons (Fsp3) is 0.267. The number of nitrogens with one attached hydrogen (secondary N) is 1.